The second kappa shape index (κ2) is 9.82. The number of benzene rings is 2. The Hall–Kier alpha value is -2.07. The number of nitrogens with zero attached hydrogens (tertiary/aromatic N) is 2. The largest absolute Gasteiger partial charge is 0.416 e. The van der Waals surface area contributed by atoms with Crippen LogP contribution in [0.1, 0.15) is 16.7 Å². The second-order valence-corrected chi connectivity index (χ2v) is 7.88. The topological polar surface area (TPSA) is 56.6 Å². The molecule has 5 nitrogen and oxygen atoms in total. The monoisotopic (exact) mass is 457 g/mol. The summed E-state index contributed by atoms with van der Waals surface area (Å²) in [7, 11) is 0. The molecular formula is C20H23ClF3N5S. The van der Waals surface area contributed by atoms with Crippen LogP contribution in [0.3, 0.4) is 0 Å². The van der Waals surface area contributed by atoms with Gasteiger partial charge in [0.15, 0.2) is 5.11 Å². The molecule has 10 heteroatoms. The fourth-order valence-electron chi connectivity index (χ4n) is 3.44. The van der Waals surface area contributed by atoms with E-state index in [-0.39, 0.29) is 17.2 Å². The number of thiocarbonyl (C=S) groups is 1. The van der Waals surface area contributed by atoms with Crippen LogP contribution in [0.15, 0.2) is 42.5 Å². The molecule has 1 aliphatic heterocycles. The highest BCUT2D eigenvalue weighted by Gasteiger charge is 2.34. The van der Waals surface area contributed by atoms with E-state index < -0.39 is 11.7 Å². The molecule has 1 saturated heterocycles. The van der Waals surface area contributed by atoms with E-state index in [9.17, 15) is 13.2 Å². The first-order chi connectivity index (χ1) is 14.2. The van der Waals surface area contributed by atoms with Crippen LogP contribution >= 0.6 is 23.8 Å². The van der Waals surface area contributed by atoms with Gasteiger partial charge in [-0.25, -0.2) is 5.43 Å². The number of hydrogen-bond acceptors (Lipinski definition) is 4. The summed E-state index contributed by atoms with van der Waals surface area (Å²) in [5.74, 6) is 0. The zero-order valence-electron chi connectivity index (χ0n) is 16.2. The predicted molar refractivity (Wildman–Crippen MR) is 117 cm³/mol. The van der Waals surface area contributed by atoms with E-state index in [4.69, 9.17) is 17.3 Å². The highest BCUT2D eigenvalue weighted by atomic mass is 35.5. The average Bonchev–Trinajstić information content (AvgIpc) is 2.69. The minimum Gasteiger partial charge on any atom is -0.375 e. The molecule has 3 rings (SSSR count). The van der Waals surface area contributed by atoms with Crippen molar-refractivity contribution in [3.63, 3.8) is 0 Å². The molecule has 0 aromatic heterocycles. The third-order valence-electron chi connectivity index (χ3n) is 4.98. The summed E-state index contributed by atoms with van der Waals surface area (Å²) >= 11 is 10.9. The number of nitrogens with one attached hydrogen (secondary N) is 2. The van der Waals surface area contributed by atoms with Crippen molar-refractivity contribution >= 4 is 34.6 Å². The fourth-order valence-corrected chi connectivity index (χ4v) is 3.71. The number of hydrazine groups is 1. The standard InChI is InChI=1S/C20H23ClF3N5S/c21-18-4-2-1-3-15(18)13-28-7-9-29(10-8-28)16-6-5-14(12-26-27-19(25)30)17(11-16)20(22,23)24/h1-6,11,26H,7-10,12-13H2,(H3,25,27,30). The number of halogens is 4. The van der Waals surface area contributed by atoms with Gasteiger partial charge in [-0.3, -0.25) is 10.3 Å². The Morgan fingerprint density at radius 2 is 1.77 bits per heavy atom. The molecule has 1 heterocycles. The maximum atomic E-state index is 13.6. The van der Waals surface area contributed by atoms with Crippen molar-refractivity contribution in [2.45, 2.75) is 19.3 Å². The zero-order chi connectivity index (χ0) is 21.7. The Labute approximate surface area is 183 Å². The van der Waals surface area contributed by atoms with E-state index in [1.807, 2.05) is 29.2 Å². The summed E-state index contributed by atoms with van der Waals surface area (Å²) in [5.41, 5.74) is 11.4. The molecule has 0 spiro atoms. The molecule has 1 fully saturated rings. The number of rotatable bonds is 6. The minimum atomic E-state index is -4.46. The summed E-state index contributed by atoms with van der Waals surface area (Å²) in [5, 5.41) is 0.693. The van der Waals surface area contributed by atoms with Crippen molar-refractivity contribution in [2.24, 2.45) is 5.73 Å². The van der Waals surface area contributed by atoms with Crippen LogP contribution in [-0.4, -0.2) is 36.2 Å². The van der Waals surface area contributed by atoms with E-state index in [0.29, 0.717) is 18.8 Å². The molecule has 0 amide bonds. The lowest BCUT2D eigenvalue weighted by molar-refractivity contribution is -0.138. The Bertz CT molecular complexity index is 885. The molecule has 0 atom stereocenters. The third-order valence-corrected chi connectivity index (χ3v) is 5.45. The molecule has 162 valence electrons. The molecule has 2 aromatic carbocycles. The van der Waals surface area contributed by atoms with E-state index in [1.54, 1.807) is 6.07 Å². The van der Waals surface area contributed by atoms with Crippen LogP contribution in [0.4, 0.5) is 18.9 Å². The maximum Gasteiger partial charge on any atom is 0.416 e. The molecule has 4 N–H and O–H groups in total. The summed E-state index contributed by atoms with van der Waals surface area (Å²) in [4.78, 5) is 4.23. The Balaban J connectivity index is 1.66. The van der Waals surface area contributed by atoms with Gasteiger partial charge in [-0.15, -0.1) is 0 Å². The van der Waals surface area contributed by atoms with E-state index >= 15 is 0 Å². The average molecular weight is 458 g/mol. The number of alkyl halides is 3. The molecule has 0 unspecified atom stereocenters. The van der Waals surface area contributed by atoms with Crippen molar-refractivity contribution in [2.75, 3.05) is 31.1 Å². The van der Waals surface area contributed by atoms with Gasteiger partial charge >= 0.3 is 6.18 Å². The zero-order valence-corrected chi connectivity index (χ0v) is 17.7. The van der Waals surface area contributed by atoms with Crippen molar-refractivity contribution in [1.29, 1.82) is 0 Å². The second-order valence-electron chi connectivity index (χ2n) is 7.04. The normalized spacial score (nSPS) is 15.3. The van der Waals surface area contributed by atoms with Crippen LogP contribution in [0, 0.1) is 0 Å². The van der Waals surface area contributed by atoms with Gasteiger partial charge in [0.05, 0.1) is 5.56 Å². The lowest BCUT2D eigenvalue weighted by Crippen LogP contribution is -2.46. The highest BCUT2D eigenvalue weighted by molar-refractivity contribution is 7.80. The minimum absolute atomic E-state index is 0.0326. The van der Waals surface area contributed by atoms with E-state index in [0.717, 1.165) is 30.2 Å². The predicted octanol–water partition coefficient (Wildman–Crippen LogP) is 3.52. The van der Waals surface area contributed by atoms with Gasteiger partial charge in [-0.2, -0.15) is 13.2 Å². The van der Waals surface area contributed by atoms with Crippen molar-refractivity contribution in [3.8, 4) is 0 Å². The molecule has 0 saturated carbocycles. The van der Waals surface area contributed by atoms with Gasteiger partial charge in [-0.1, -0.05) is 35.9 Å². The van der Waals surface area contributed by atoms with Gasteiger partial charge in [0.25, 0.3) is 0 Å². The maximum absolute atomic E-state index is 13.6. The quantitative estimate of drug-likeness (QED) is 0.456. The lowest BCUT2D eigenvalue weighted by atomic mass is 10.0. The highest BCUT2D eigenvalue weighted by Crippen LogP contribution is 2.35. The first-order valence-electron chi connectivity index (χ1n) is 9.43. The van der Waals surface area contributed by atoms with Gasteiger partial charge in [-0.05, 0) is 41.5 Å². The SMILES string of the molecule is NC(=S)NNCc1ccc(N2CCN(Cc3ccccc3Cl)CC2)cc1C(F)(F)F. The molecule has 30 heavy (non-hydrogen) atoms. The molecule has 2 aromatic rings. The smallest absolute Gasteiger partial charge is 0.375 e. The van der Waals surface area contributed by atoms with Gasteiger partial charge in [0, 0.05) is 50.0 Å². The number of nitrogens with two attached hydrogens (primary N) is 1. The Morgan fingerprint density at radius 3 is 2.40 bits per heavy atom. The summed E-state index contributed by atoms with van der Waals surface area (Å²) in [6.07, 6.45) is -4.46. The Kier molecular flexibility index (Phi) is 7.41. The van der Waals surface area contributed by atoms with Crippen molar-refractivity contribution < 1.29 is 13.2 Å². The van der Waals surface area contributed by atoms with Gasteiger partial charge in [0.2, 0.25) is 0 Å². The molecule has 0 bridgehead atoms. The lowest BCUT2D eigenvalue weighted by Gasteiger charge is -2.36. The van der Waals surface area contributed by atoms with Crippen molar-refractivity contribution in [3.05, 3.63) is 64.2 Å². The van der Waals surface area contributed by atoms with Gasteiger partial charge in [0.1, 0.15) is 0 Å². The molecule has 0 radical (unpaired) electrons. The summed E-state index contributed by atoms with van der Waals surface area (Å²) < 4.78 is 40.8. The first kappa shape index (κ1) is 22.6. The number of piperazine rings is 1. The van der Waals surface area contributed by atoms with Gasteiger partial charge < -0.3 is 10.6 Å². The first-order valence-corrected chi connectivity index (χ1v) is 10.2. The van der Waals surface area contributed by atoms with Crippen LogP contribution in [0.25, 0.3) is 0 Å². The molecular weight excluding hydrogens is 435 g/mol. The molecule has 1 aliphatic rings. The van der Waals surface area contributed by atoms with E-state index in [2.05, 4.69) is 28.0 Å². The van der Waals surface area contributed by atoms with E-state index in [1.165, 1.54) is 12.1 Å². The van der Waals surface area contributed by atoms with Crippen molar-refractivity contribution in [1.82, 2.24) is 15.8 Å². The number of anilines is 1. The number of hydrogen-bond donors (Lipinski definition) is 3. The van der Waals surface area contributed by atoms with Crippen LogP contribution in [0.5, 0.6) is 0 Å². The molecule has 0 aliphatic carbocycles. The summed E-state index contributed by atoms with van der Waals surface area (Å²) in [6, 6.07) is 12.1. The third kappa shape index (κ3) is 5.98. The Morgan fingerprint density at radius 1 is 1.07 bits per heavy atom. The van der Waals surface area contributed by atoms with Crippen LogP contribution in [0.2, 0.25) is 5.02 Å². The van der Waals surface area contributed by atoms with Crippen LogP contribution < -0.4 is 21.5 Å². The van der Waals surface area contributed by atoms with Crippen LogP contribution in [-0.2, 0) is 19.3 Å². The fraction of sp³-hybridized carbons (Fsp3) is 0.350. The summed E-state index contributed by atoms with van der Waals surface area (Å²) in [6.45, 7) is 3.44.